The number of halogens is 1. The van der Waals surface area contributed by atoms with Gasteiger partial charge in [0.1, 0.15) is 0 Å². The summed E-state index contributed by atoms with van der Waals surface area (Å²) in [5.41, 5.74) is 0.200. The lowest BCUT2D eigenvalue weighted by Crippen LogP contribution is -2.41. The minimum Gasteiger partial charge on any atom is -0.379 e. The summed E-state index contributed by atoms with van der Waals surface area (Å²) in [6.07, 6.45) is 0. The van der Waals surface area contributed by atoms with Crippen molar-refractivity contribution in [3.05, 3.63) is 23.2 Å². The van der Waals surface area contributed by atoms with Gasteiger partial charge in [-0.3, -0.25) is 14.5 Å². The topological polar surface area (TPSA) is 108 Å². The molecular formula is C18H27ClN4O5S. The Labute approximate surface area is 176 Å². The Hall–Kier alpha value is -1.72. The summed E-state index contributed by atoms with van der Waals surface area (Å²) in [5, 5.41) is 5.59. The smallest absolute Gasteiger partial charge is 0.243 e. The zero-order chi connectivity index (χ0) is 21.6. The van der Waals surface area contributed by atoms with Crippen LogP contribution in [0, 0.1) is 0 Å². The van der Waals surface area contributed by atoms with Gasteiger partial charge in [-0.2, -0.15) is 4.31 Å². The normalized spacial score (nSPS) is 15.5. The molecule has 2 rings (SSSR count). The number of likely N-dealkylation sites (N-methyl/N-ethyl adjacent to an activating group) is 1. The number of rotatable bonds is 8. The first-order chi connectivity index (χ1) is 13.6. The maximum absolute atomic E-state index is 12.8. The van der Waals surface area contributed by atoms with Gasteiger partial charge in [-0.1, -0.05) is 11.6 Å². The first kappa shape index (κ1) is 23.6. The first-order valence-corrected chi connectivity index (χ1v) is 11.1. The number of hydrogen-bond donors (Lipinski definition) is 2. The number of ether oxygens (including phenoxy) is 1. The van der Waals surface area contributed by atoms with Gasteiger partial charge in [-0.15, -0.1) is 0 Å². The number of sulfonamides is 1. The predicted molar refractivity (Wildman–Crippen MR) is 110 cm³/mol. The van der Waals surface area contributed by atoms with Gasteiger partial charge in [0.05, 0.1) is 41.9 Å². The Morgan fingerprint density at radius 2 is 1.83 bits per heavy atom. The van der Waals surface area contributed by atoms with Crippen molar-refractivity contribution in [1.29, 1.82) is 0 Å². The molecule has 9 nitrogen and oxygen atoms in total. The molecule has 1 aliphatic rings. The van der Waals surface area contributed by atoms with E-state index < -0.39 is 15.9 Å². The highest BCUT2D eigenvalue weighted by molar-refractivity contribution is 7.89. The van der Waals surface area contributed by atoms with Crippen molar-refractivity contribution >= 4 is 39.1 Å². The van der Waals surface area contributed by atoms with Crippen molar-refractivity contribution in [1.82, 2.24) is 14.5 Å². The Balaban J connectivity index is 2.04. The van der Waals surface area contributed by atoms with Crippen molar-refractivity contribution in [3.8, 4) is 0 Å². The highest BCUT2D eigenvalue weighted by Crippen LogP contribution is 2.27. The molecule has 2 N–H and O–H groups in total. The third kappa shape index (κ3) is 6.93. The Morgan fingerprint density at radius 1 is 1.21 bits per heavy atom. The molecule has 0 aromatic heterocycles. The number of carbonyl (C=O) groups excluding carboxylic acids is 2. The van der Waals surface area contributed by atoms with Crippen LogP contribution < -0.4 is 10.6 Å². The number of morpholine rings is 1. The minimum atomic E-state index is -3.71. The van der Waals surface area contributed by atoms with Crippen LogP contribution in [0.15, 0.2) is 23.1 Å². The lowest BCUT2D eigenvalue weighted by Gasteiger charge is -2.26. The molecule has 1 aliphatic heterocycles. The summed E-state index contributed by atoms with van der Waals surface area (Å²) < 4.78 is 32.1. The molecule has 1 heterocycles. The van der Waals surface area contributed by atoms with Gasteiger partial charge in [0.25, 0.3) is 0 Å². The van der Waals surface area contributed by atoms with E-state index in [1.807, 2.05) is 13.8 Å². The van der Waals surface area contributed by atoms with E-state index in [-0.39, 0.29) is 53.7 Å². The van der Waals surface area contributed by atoms with E-state index in [0.29, 0.717) is 13.2 Å². The Kier molecular flexibility index (Phi) is 8.41. The maximum atomic E-state index is 12.8. The second kappa shape index (κ2) is 10.4. The number of amides is 2. The summed E-state index contributed by atoms with van der Waals surface area (Å²) in [6, 6.07) is 4.20. The summed E-state index contributed by atoms with van der Waals surface area (Å²) in [6.45, 7) is 4.94. The number of benzene rings is 1. The van der Waals surface area contributed by atoms with E-state index in [1.54, 1.807) is 11.9 Å². The first-order valence-electron chi connectivity index (χ1n) is 9.25. The van der Waals surface area contributed by atoms with Gasteiger partial charge in [-0.05, 0) is 39.1 Å². The fourth-order valence-electron chi connectivity index (χ4n) is 2.80. The summed E-state index contributed by atoms with van der Waals surface area (Å²) in [5.74, 6) is -0.598. The molecule has 1 aromatic carbocycles. The maximum Gasteiger partial charge on any atom is 0.243 e. The van der Waals surface area contributed by atoms with Crippen LogP contribution in [-0.4, -0.2) is 81.9 Å². The van der Waals surface area contributed by atoms with Gasteiger partial charge in [0.2, 0.25) is 21.8 Å². The van der Waals surface area contributed by atoms with E-state index >= 15 is 0 Å². The molecule has 0 atom stereocenters. The van der Waals surface area contributed by atoms with Gasteiger partial charge in [-0.25, -0.2) is 8.42 Å². The van der Waals surface area contributed by atoms with E-state index in [9.17, 15) is 18.0 Å². The average Bonchev–Trinajstić information content (AvgIpc) is 2.63. The van der Waals surface area contributed by atoms with Gasteiger partial charge in [0.15, 0.2) is 0 Å². The molecule has 1 saturated heterocycles. The highest BCUT2D eigenvalue weighted by atomic mass is 35.5. The average molecular weight is 447 g/mol. The van der Waals surface area contributed by atoms with Crippen LogP contribution in [0.2, 0.25) is 5.02 Å². The minimum absolute atomic E-state index is 0.0136. The second-order valence-corrected chi connectivity index (χ2v) is 9.45. The molecule has 0 spiro atoms. The molecule has 2 amide bonds. The number of carbonyl (C=O) groups is 2. The lowest BCUT2D eigenvalue weighted by atomic mass is 10.3. The molecule has 0 aliphatic carbocycles. The van der Waals surface area contributed by atoms with E-state index in [0.717, 1.165) is 0 Å². The largest absolute Gasteiger partial charge is 0.379 e. The van der Waals surface area contributed by atoms with E-state index in [2.05, 4.69) is 10.6 Å². The fourth-order valence-corrected chi connectivity index (χ4v) is 4.40. The molecule has 29 heavy (non-hydrogen) atoms. The molecule has 0 unspecified atom stereocenters. The predicted octanol–water partition coefficient (Wildman–Crippen LogP) is 0.756. The monoisotopic (exact) mass is 446 g/mol. The SMILES string of the molecule is CC(C)NC(=O)CN(C)CC(=O)Nc1cc(S(=O)(=O)N2CCOCC2)ccc1Cl. The van der Waals surface area contributed by atoms with Crippen LogP contribution in [0.4, 0.5) is 5.69 Å². The van der Waals surface area contributed by atoms with E-state index in [1.165, 1.54) is 22.5 Å². The van der Waals surface area contributed by atoms with Crippen LogP contribution in [0.5, 0.6) is 0 Å². The van der Waals surface area contributed by atoms with Crippen LogP contribution in [0.1, 0.15) is 13.8 Å². The third-order valence-corrected chi connectivity index (χ3v) is 6.32. The number of hydrogen-bond acceptors (Lipinski definition) is 6. The summed E-state index contributed by atoms with van der Waals surface area (Å²) in [4.78, 5) is 25.7. The molecule has 0 radical (unpaired) electrons. The lowest BCUT2D eigenvalue weighted by molar-refractivity contribution is -0.123. The molecule has 162 valence electrons. The quantitative estimate of drug-likeness (QED) is 0.610. The standard InChI is InChI=1S/C18H27ClN4O5S/c1-13(2)20-17(24)11-22(3)12-18(25)21-16-10-14(4-5-15(16)19)29(26,27)23-6-8-28-9-7-23/h4-5,10,13H,6-9,11-12H2,1-3H3,(H,20,24)(H,21,25). The van der Waals surface area contributed by atoms with Crippen LogP contribution in [-0.2, 0) is 24.3 Å². The zero-order valence-corrected chi connectivity index (χ0v) is 18.3. The fraction of sp³-hybridized carbons (Fsp3) is 0.556. The van der Waals surface area contributed by atoms with Crippen molar-refractivity contribution in [2.75, 3.05) is 51.8 Å². The zero-order valence-electron chi connectivity index (χ0n) is 16.8. The molecule has 1 aromatic rings. The van der Waals surface area contributed by atoms with Gasteiger partial charge >= 0.3 is 0 Å². The number of nitrogens with one attached hydrogen (secondary N) is 2. The van der Waals surface area contributed by atoms with Gasteiger partial charge in [0, 0.05) is 19.1 Å². The molecule has 11 heteroatoms. The Morgan fingerprint density at radius 3 is 2.45 bits per heavy atom. The molecule has 0 saturated carbocycles. The van der Waals surface area contributed by atoms with Crippen LogP contribution >= 0.6 is 11.6 Å². The van der Waals surface area contributed by atoms with Crippen molar-refractivity contribution < 1.29 is 22.7 Å². The molecule has 1 fully saturated rings. The van der Waals surface area contributed by atoms with Crippen molar-refractivity contribution in [2.45, 2.75) is 24.8 Å². The number of nitrogens with zero attached hydrogens (tertiary/aromatic N) is 2. The summed E-state index contributed by atoms with van der Waals surface area (Å²) >= 11 is 6.13. The molecular weight excluding hydrogens is 420 g/mol. The van der Waals surface area contributed by atoms with Crippen molar-refractivity contribution in [2.24, 2.45) is 0 Å². The highest BCUT2D eigenvalue weighted by Gasteiger charge is 2.27. The van der Waals surface area contributed by atoms with Gasteiger partial charge < -0.3 is 15.4 Å². The molecule has 0 bridgehead atoms. The second-order valence-electron chi connectivity index (χ2n) is 7.10. The Bertz CT molecular complexity index is 841. The third-order valence-electron chi connectivity index (χ3n) is 4.10. The van der Waals surface area contributed by atoms with E-state index in [4.69, 9.17) is 16.3 Å². The number of anilines is 1. The van der Waals surface area contributed by atoms with Crippen molar-refractivity contribution in [3.63, 3.8) is 0 Å². The summed E-state index contributed by atoms with van der Waals surface area (Å²) in [7, 11) is -2.07. The van der Waals surface area contributed by atoms with Crippen LogP contribution in [0.25, 0.3) is 0 Å². The van der Waals surface area contributed by atoms with Crippen LogP contribution in [0.3, 0.4) is 0 Å².